The van der Waals surface area contributed by atoms with Gasteiger partial charge < -0.3 is 15.1 Å². The first-order valence-electron chi connectivity index (χ1n) is 8.95. The van der Waals surface area contributed by atoms with E-state index in [9.17, 15) is 14.4 Å². The van der Waals surface area contributed by atoms with Crippen LogP contribution in [0.5, 0.6) is 0 Å². The Morgan fingerprint density at radius 3 is 2.54 bits per heavy atom. The molecular formula is C21H20ClFN4O. The molecule has 1 fully saturated rings. The normalized spacial score (nSPS) is 14.5. The van der Waals surface area contributed by atoms with E-state index in [1.54, 1.807) is 23.1 Å². The lowest BCUT2D eigenvalue weighted by molar-refractivity contribution is -0.127. The molecule has 28 heavy (non-hydrogen) atoms. The summed E-state index contributed by atoms with van der Waals surface area (Å²) in [4.78, 5) is 16.4. The number of hydrogen-bond donors (Lipinski definition) is 1. The molecule has 0 bridgehead atoms. The second-order valence-electron chi connectivity index (χ2n) is 6.44. The quantitative estimate of drug-likeness (QED) is 0.620. The Morgan fingerprint density at radius 1 is 1.18 bits per heavy atom. The molecule has 0 unspecified atom stereocenters. The number of anilines is 1. The molecule has 5 nitrogen and oxygen atoms in total. The molecule has 144 valence electrons. The average molecular weight is 399 g/mol. The van der Waals surface area contributed by atoms with Gasteiger partial charge in [0.25, 0.3) is 5.91 Å². The van der Waals surface area contributed by atoms with Crippen LogP contribution in [-0.4, -0.2) is 37.0 Å². The SMILES string of the molecule is N#C/C(=C/NCc1cccc(Cl)c1)C(=O)N1CCN(c2ccc(F)cc2)CC1. The first-order chi connectivity index (χ1) is 13.6. The van der Waals surface area contributed by atoms with Crippen molar-refractivity contribution in [3.05, 3.63) is 76.7 Å². The molecule has 2 aromatic rings. The van der Waals surface area contributed by atoms with Gasteiger partial charge in [0, 0.05) is 49.6 Å². The van der Waals surface area contributed by atoms with Crippen LogP contribution in [0.4, 0.5) is 10.1 Å². The van der Waals surface area contributed by atoms with Gasteiger partial charge in [-0.25, -0.2) is 4.39 Å². The Hall–Kier alpha value is -3.04. The van der Waals surface area contributed by atoms with Gasteiger partial charge >= 0.3 is 0 Å². The summed E-state index contributed by atoms with van der Waals surface area (Å²) in [5.41, 5.74) is 1.95. The van der Waals surface area contributed by atoms with Crippen LogP contribution >= 0.6 is 11.6 Å². The lowest BCUT2D eigenvalue weighted by atomic mass is 10.2. The molecule has 1 aliphatic rings. The molecule has 0 saturated carbocycles. The highest BCUT2D eigenvalue weighted by molar-refractivity contribution is 6.30. The molecule has 0 atom stereocenters. The second-order valence-corrected chi connectivity index (χ2v) is 6.87. The number of piperazine rings is 1. The maximum absolute atomic E-state index is 13.1. The fourth-order valence-corrected chi connectivity index (χ4v) is 3.26. The smallest absolute Gasteiger partial charge is 0.266 e. The first kappa shape index (κ1) is 19.7. The van der Waals surface area contributed by atoms with Crippen LogP contribution in [0, 0.1) is 17.1 Å². The minimum absolute atomic E-state index is 0.0669. The number of nitrogens with one attached hydrogen (secondary N) is 1. The highest BCUT2D eigenvalue weighted by Crippen LogP contribution is 2.17. The topological polar surface area (TPSA) is 59.4 Å². The maximum atomic E-state index is 13.1. The average Bonchev–Trinajstić information content (AvgIpc) is 2.72. The van der Waals surface area contributed by atoms with Crippen molar-refractivity contribution in [1.29, 1.82) is 5.26 Å². The molecule has 1 aliphatic heterocycles. The summed E-state index contributed by atoms with van der Waals surface area (Å²) in [7, 11) is 0. The standard InChI is InChI=1S/C21H20ClFN4O/c22-18-3-1-2-16(12-18)14-25-15-17(13-24)21(28)27-10-8-26(9-11-27)20-6-4-19(23)5-7-20/h1-7,12,15,25H,8-11,14H2/b17-15-. The number of nitriles is 1. The Morgan fingerprint density at radius 2 is 1.89 bits per heavy atom. The zero-order valence-corrected chi connectivity index (χ0v) is 16.0. The van der Waals surface area contributed by atoms with Crippen molar-refractivity contribution in [2.75, 3.05) is 31.1 Å². The molecule has 7 heteroatoms. The van der Waals surface area contributed by atoms with Crippen molar-refractivity contribution in [2.24, 2.45) is 0 Å². The summed E-state index contributed by atoms with van der Waals surface area (Å²) in [5, 5.41) is 13.0. The van der Waals surface area contributed by atoms with E-state index in [1.165, 1.54) is 18.3 Å². The number of hydrogen-bond acceptors (Lipinski definition) is 4. The zero-order valence-electron chi connectivity index (χ0n) is 15.2. The second kappa shape index (κ2) is 9.25. The van der Waals surface area contributed by atoms with Gasteiger partial charge in [0.1, 0.15) is 17.5 Å². The van der Waals surface area contributed by atoms with Crippen LogP contribution in [0.1, 0.15) is 5.56 Å². The Bertz CT molecular complexity index is 899. The highest BCUT2D eigenvalue weighted by atomic mass is 35.5. The van der Waals surface area contributed by atoms with Gasteiger partial charge in [-0.1, -0.05) is 23.7 Å². The fraction of sp³-hybridized carbons (Fsp3) is 0.238. The van der Waals surface area contributed by atoms with Crippen LogP contribution in [0.3, 0.4) is 0 Å². The highest BCUT2D eigenvalue weighted by Gasteiger charge is 2.23. The number of rotatable bonds is 5. The maximum Gasteiger partial charge on any atom is 0.266 e. The van der Waals surface area contributed by atoms with Crippen molar-refractivity contribution in [2.45, 2.75) is 6.54 Å². The largest absolute Gasteiger partial charge is 0.386 e. The number of nitrogens with zero attached hydrogens (tertiary/aromatic N) is 3. The molecule has 2 aromatic carbocycles. The van der Waals surface area contributed by atoms with E-state index in [0.717, 1.165) is 11.3 Å². The number of carbonyl (C=O) groups excluding carboxylic acids is 1. The summed E-state index contributed by atoms with van der Waals surface area (Å²) >= 11 is 5.95. The lowest BCUT2D eigenvalue weighted by Gasteiger charge is -2.36. The lowest BCUT2D eigenvalue weighted by Crippen LogP contribution is -2.49. The number of halogens is 2. The molecule has 3 rings (SSSR count). The van der Waals surface area contributed by atoms with Crippen LogP contribution in [0.15, 0.2) is 60.3 Å². The molecule has 1 amide bonds. The Balaban J connectivity index is 1.55. The first-order valence-corrected chi connectivity index (χ1v) is 9.32. The summed E-state index contributed by atoms with van der Waals surface area (Å²) in [6.45, 7) is 2.74. The molecule has 0 spiro atoms. The van der Waals surface area contributed by atoms with Gasteiger partial charge in [-0.05, 0) is 42.0 Å². The van der Waals surface area contributed by atoms with Crippen molar-refractivity contribution in [1.82, 2.24) is 10.2 Å². The number of carbonyl (C=O) groups is 1. The van der Waals surface area contributed by atoms with Crippen molar-refractivity contribution >= 4 is 23.2 Å². The van der Waals surface area contributed by atoms with Crippen LogP contribution in [0.25, 0.3) is 0 Å². The predicted octanol–water partition coefficient (Wildman–Crippen LogP) is 3.32. The third kappa shape index (κ3) is 5.02. The fourth-order valence-electron chi connectivity index (χ4n) is 3.05. The molecule has 0 radical (unpaired) electrons. The molecular weight excluding hydrogens is 379 g/mol. The summed E-state index contributed by atoms with van der Waals surface area (Å²) in [6, 6.07) is 15.7. The van der Waals surface area contributed by atoms with E-state index >= 15 is 0 Å². The Labute approximate surface area is 168 Å². The minimum Gasteiger partial charge on any atom is -0.386 e. The van der Waals surface area contributed by atoms with Gasteiger partial charge in [-0.15, -0.1) is 0 Å². The van der Waals surface area contributed by atoms with Crippen molar-refractivity contribution in [3.8, 4) is 6.07 Å². The zero-order chi connectivity index (χ0) is 19.9. The van der Waals surface area contributed by atoms with E-state index in [2.05, 4.69) is 10.2 Å². The van der Waals surface area contributed by atoms with Gasteiger partial charge in [0.05, 0.1) is 0 Å². The summed E-state index contributed by atoms with van der Waals surface area (Å²) in [6.07, 6.45) is 1.45. The van der Waals surface area contributed by atoms with E-state index in [0.29, 0.717) is 37.7 Å². The van der Waals surface area contributed by atoms with Crippen LogP contribution in [0.2, 0.25) is 5.02 Å². The van der Waals surface area contributed by atoms with Gasteiger partial charge in [-0.3, -0.25) is 4.79 Å². The van der Waals surface area contributed by atoms with Crippen LogP contribution < -0.4 is 10.2 Å². The summed E-state index contributed by atoms with van der Waals surface area (Å²) in [5.74, 6) is -0.563. The minimum atomic E-state index is -0.292. The summed E-state index contributed by atoms with van der Waals surface area (Å²) < 4.78 is 13.1. The number of benzene rings is 2. The molecule has 1 saturated heterocycles. The van der Waals surface area contributed by atoms with Gasteiger partial charge in [0.2, 0.25) is 0 Å². The molecule has 0 aromatic heterocycles. The van der Waals surface area contributed by atoms with E-state index in [-0.39, 0.29) is 17.3 Å². The Kier molecular flexibility index (Phi) is 6.51. The predicted molar refractivity (Wildman–Crippen MR) is 107 cm³/mol. The number of amides is 1. The van der Waals surface area contributed by atoms with E-state index in [1.807, 2.05) is 24.3 Å². The third-order valence-electron chi connectivity index (χ3n) is 4.55. The van der Waals surface area contributed by atoms with Crippen LogP contribution in [-0.2, 0) is 11.3 Å². The van der Waals surface area contributed by atoms with Gasteiger partial charge in [0.15, 0.2) is 0 Å². The monoisotopic (exact) mass is 398 g/mol. The van der Waals surface area contributed by atoms with Gasteiger partial charge in [-0.2, -0.15) is 5.26 Å². The molecule has 0 aliphatic carbocycles. The third-order valence-corrected chi connectivity index (χ3v) is 4.79. The molecule has 1 heterocycles. The molecule has 1 N–H and O–H groups in total. The van der Waals surface area contributed by atoms with Crippen molar-refractivity contribution < 1.29 is 9.18 Å². The van der Waals surface area contributed by atoms with E-state index < -0.39 is 0 Å². The van der Waals surface area contributed by atoms with Crippen molar-refractivity contribution in [3.63, 3.8) is 0 Å². The van der Waals surface area contributed by atoms with E-state index in [4.69, 9.17) is 11.6 Å².